The molecule has 0 saturated heterocycles. The van der Waals surface area contributed by atoms with E-state index in [0.717, 1.165) is 0 Å². The molecule has 0 fully saturated rings. The molecule has 22 heavy (non-hydrogen) atoms. The fourth-order valence-corrected chi connectivity index (χ4v) is 1.68. The van der Waals surface area contributed by atoms with Crippen molar-refractivity contribution in [1.29, 1.82) is 0 Å². The SMILES string of the molecule is CC[C@@](C)(C(=O)OC(C)(C)C)N(COC)C(=O)OC(C)(C)C. The minimum absolute atomic E-state index is 0.0570. The molecule has 0 aromatic heterocycles. The average molecular weight is 317 g/mol. The van der Waals surface area contributed by atoms with Crippen molar-refractivity contribution < 1.29 is 23.8 Å². The van der Waals surface area contributed by atoms with Crippen LogP contribution in [0, 0.1) is 0 Å². The van der Waals surface area contributed by atoms with E-state index in [1.54, 1.807) is 48.5 Å². The van der Waals surface area contributed by atoms with Crippen LogP contribution in [-0.2, 0) is 19.0 Å². The van der Waals surface area contributed by atoms with Gasteiger partial charge in [0, 0.05) is 7.11 Å². The van der Waals surface area contributed by atoms with E-state index in [-0.39, 0.29) is 6.73 Å². The number of amides is 1. The highest BCUT2D eigenvalue weighted by Gasteiger charge is 2.45. The summed E-state index contributed by atoms with van der Waals surface area (Å²) in [7, 11) is 1.46. The molecule has 0 radical (unpaired) electrons. The summed E-state index contributed by atoms with van der Waals surface area (Å²) in [6, 6.07) is 0. The second-order valence-electron chi connectivity index (χ2n) is 7.46. The van der Waals surface area contributed by atoms with Crippen LogP contribution in [0.4, 0.5) is 4.79 Å². The molecule has 0 aliphatic rings. The Hall–Kier alpha value is -1.30. The molecule has 130 valence electrons. The van der Waals surface area contributed by atoms with Gasteiger partial charge in [-0.05, 0) is 54.9 Å². The van der Waals surface area contributed by atoms with Crippen LogP contribution < -0.4 is 0 Å². The van der Waals surface area contributed by atoms with Crippen molar-refractivity contribution in [1.82, 2.24) is 4.90 Å². The first-order valence-corrected chi connectivity index (χ1v) is 7.50. The van der Waals surface area contributed by atoms with Crippen LogP contribution in [0.2, 0.25) is 0 Å². The molecule has 0 aliphatic heterocycles. The van der Waals surface area contributed by atoms with Crippen molar-refractivity contribution in [3.05, 3.63) is 0 Å². The number of hydrogen-bond donors (Lipinski definition) is 0. The van der Waals surface area contributed by atoms with Crippen molar-refractivity contribution in [3.8, 4) is 0 Å². The third kappa shape index (κ3) is 6.22. The van der Waals surface area contributed by atoms with Crippen LogP contribution in [-0.4, -0.2) is 47.5 Å². The van der Waals surface area contributed by atoms with Gasteiger partial charge in [-0.15, -0.1) is 0 Å². The van der Waals surface area contributed by atoms with E-state index in [4.69, 9.17) is 14.2 Å². The summed E-state index contributed by atoms with van der Waals surface area (Å²) in [6.45, 7) is 14.1. The normalized spacial score (nSPS) is 15.0. The van der Waals surface area contributed by atoms with Gasteiger partial charge in [0.05, 0.1) is 0 Å². The fourth-order valence-electron chi connectivity index (χ4n) is 1.68. The molecule has 0 spiro atoms. The highest BCUT2D eigenvalue weighted by molar-refractivity contribution is 5.85. The zero-order valence-corrected chi connectivity index (χ0v) is 15.4. The summed E-state index contributed by atoms with van der Waals surface area (Å²) in [5.74, 6) is -0.481. The van der Waals surface area contributed by atoms with Crippen molar-refractivity contribution in [2.45, 2.75) is 78.6 Å². The van der Waals surface area contributed by atoms with Crippen LogP contribution in [0.5, 0.6) is 0 Å². The lowest BCUT2D eigenvalue weighted by molar-refractivity contribution is -0.171. The van der Waals surface area contributed by atoms with Crippen molar-refractivity contribution in [2.75, 3.05) is 13.8 Å². The maximum Gasteiger partial charge on any atom is 0.413 e. The third-order valence-corrected chi connectivity index (χ3v) is 2.99. The highest BCUT2D eigenvalue weighted by atomic mass is 16.6. The second-order valence-corrected chi connectivity index (χ2v) is 7.46. The van der Waals surface area contributed by atoms with E-state index in [1.165, 1.54) is 12.0 Å². The first-order chi connectivity index (χ1) is 9.77. The Balaban J connectivity index is 5.47. The molecule has 0 aromatic rings. The highest BCUT2D eigenvalue weighted by Crippen LogP contribution is 2.26. The van der Waals surface area contributed by atoms with Crippen molar-refractivity contribution in [2.24, 2.45) is 0 Å². The van der Waals surface area contributed by atoms with Crippen molar-refractivity contribution >= 4 is 12.1 Å². The van der Waals surface area contributed by atoms with Gasteiger partial charge in [0.15, 0.2) is 0 Å². The van der Waals surface area contributed by atoms with Gasteiger partial charge in [0.1, 0.15) is 23.5 Å². The first kappa shape index (κ1) is 20.7. The quantitative estimate of drug-likeness (QED) is 0.575. The Labute approximate surface area is 134 Å². The largest absolute Gasteiger partial charge is 0.458 e. The van der Waals surface area contributed by atoms with E-state index in [2.05, 4.69) is 0 Å². The number of carbonyl (C=O) groups is 2. The van der Waals surface area contributed by atoms with Crippen LogP contribution in [0.3, 0.4) is 0 Å². The standard InChI is InChI=1S/C16H31NO5/c1-10-16(8,12(18)21-14(2,3)4)17(11-20-9)13(19)22-15(5,6)7/h10-11H2,1-9H3/t16-/m0/s1. The minimum Gasteiger partial charge on any atom is -0.458 e. The number of esters is 1. The molecule has 0 aliphatic carbocycles. The fraction of sp³-hybridized carbons (Fsp3) is 0.875. The molecule has 0 aromatic carbocycles. The van der Waals surface area contributed by atoms with E-state index in [9.17, 15) is 9.59 Å². The number of hydrogen-bond acceptors (Lipinski definition) is 5. The number of carbonyl (C=O) groups excluding carboxylic acids is 2. The monoisotopic (exact) mass is 317 g/mol. The van der Waals surface area contributed by atoms with E-state index < -0.39 is 28.8 Å². The van der Waals surface area contributed by atoms with Crippen LogP contribution in [0.1, 0.15) is 61.8 Å². The molecule has 6 heteroatoms. The molecule has 1 atom stereocenters. The summed E-state index contributed by atoms with van der Waals surface area (Å²) in [5, 5.41) is 0. The zero-order chi connectivity index (χ0) is 17.8. The predicted molar refractivity (Wildman–Crippen MR) is 84.5 cm³/mol. The molecular formula is C16H31NO5. The Morgan fingerprint density at radius 1 is 0.909 bits per heavy atom. The number of rotatable bonds is 5. The maximum absolute atomic E-state index is 12.6. The molecule has 1 amide bonds. The average Bonchev–Trinajstić information content (AvgIpc) is 2.30. The second kappa shape index (κ2) is 7.31. The minimum atomic E-state index is -1.16. The Morgan fingerprint density at radius 2 is 1.36 bits per heavy atom. The maximum atomic E-state index is 12.6. The molecule has 0 N–H and O–H groups in total. The molecule has 0 saturated carbocycles. The first-order valence-electron chi connectivity index (χ1n) is 7.50. The van der Waals surface area contributed by atoms with Gasteiger partial charge in [-0.25, -0.2) is 9.59 Å². The van der Waals surface area contributed by atoms with Gasteiger partial charge in [0.2, 0.25) is 0 Å². The van der Waals surface area contributed by atoms with Gasteiger partial charge in [-0.3, -0.25) is 4.90 Å². The summed E-state index contributed by atoms with van der Waals surface area (Å²) < 4.78 is 15.9. The Morgan fingerprint density at radius 3 is 1.68 bits per heavy atom. The smallest absolute Gasteiger partial charge is 0.413 e. The summed E-state index contributed by atoms with van der Waals surface area (Å²) in [4.78, 5) is 26.3. The van der Waals surface area contributed by atoms with Gasteiger partial charge in [-0.1, -0.05) is 6.92 Å². The molecule has 0 rings (SSSR count). The number of methoxy groups -OCH3 is 1. The topological polar surface area (TPSA) is 65.1 Å². The summed E-state index contributed by atoms with van der Waals surface area (Å²) in [5.41, 5.74) is -2.46. The lowest BCUT2D eigenvalue weighted by Gasteiger charge is -2.40. The molecular weight excluding hydrogens is 286 g/mol. The zero-order valence-electron chi connectivity index (χ0n) is 15.4. The molecule has 6 nitrogen and oxygen atoms in total. The lowest BCUT2D eigenvalue weighted by Crippen LogP contribution is -2.58. The van der Waals surface area contributed by atoms with Crippen LogP contribution in [0.25, 0.3) is 0 Å². The van der Waals surface area contributed by atoms with Gasteiger partial charge in [-0.2, -0.15) is 0 Å². The van der Waals surface area contributed by atoms with Gasteiger partial charge >= 0.3 is 12.1 Å². The Bertz CT molecular complexity index is 394. The summed E-state index contributed by atoms with van der Waals surface area (Å²) >= 11 is 0. The van der Waals surface area contributed by atoms with E-state index >= 15 is 0 Å². The van der Waals surface area contributed by atoms with E-state index in [0.29, 0.717) is 6.42 Å². The number of nitrogens with zero attached hydrogens (tertiary/aromatic N) is 1. The molecule has 0 heterocycles. The van der Waals surface area contributed by atoms with Gasteiger partial charge < -0.3 is 14.2 Å². The summed E-state index contributed by atoms with van der Waals surface area (Å²) in [6.07, 6.45) is -0.227. The lowest BCUT2D eigenvalue weighted by atomic mass is 9.96. The van der Waals surface area contributed by atoms with Crippen molar-refractivity contribution in [3.63, 3.8) is 0 Å². The third-order valence-electron chi connectivity index (χ3n) is 2.99. The molecule has 0 unspecified atom stereocenters. The predicted octanol–water partition coefficient (Wildman–Crippen LogP) is 3.34. The van der Waals surface area contributed by atoms with Gasteiger partial charge in [0.25, 0.3) is 0 Å². The van der Waals surface area contributed by atoms with E-state index in [1.807, 2.05) is 6.92 Å². The molecule has 0 bridgehead atoms. The Kier molecular flexibility index (Phi) is 6.88. The van der Waals surface area contributed by atoms with Crippen LogP contribution >= 0.6 is 0 Å². The van der Waals surface area contributed by atoms with Crippen LogP contribution in [0.15, 0.2) is 0 Å². The number of ether oxygens (including phenoxy) is 3.